The van der Waals surface area contributed by atoms with E-state index < -0.39 is 0 Å². The van der Waals surface area contributed by atoms with E-state index in [1.165, 1.54) is 5.69 Å². The van der Waals surface area contributed by atoms with Gasteiger partial charge in [-0.25, -0.2) is 0 Å². The third-order valence-electron chi connectivity index (χ3n) is 6.12. The van der Waals surface area contributed by atoms with E-state index in [-0.39, 0.29) is 12.5 Å². The lowest BCUT2D eigenvalue weighted by atomic mass is 10.1. The molecule has 4 aromatic rings. The summed E-state index contributed by atoms with van der Waals surface area (Å²) in [4.78, 5) is 16.5. The van der Waals surface area contributed by atoms with Crippen molar-refractivity contribution in [3.05, 3.63) is 71.3 Å². The summed E-state index contributed by atoms with van der Waals surface area (Å²) in [6.45, 7) is 12.1. The first-order chi connectivity index (χ1) is 16.4. The molecule has 0 aliphatic rings. The molecule has 1 aromatic heterocycles. The Morgan fingerprint density at radius 3 is 2.29 bits per heavy atom. The third-order valence-corrected chi connectivity index (χ3v) is 6.12. The van der Waals surface area contributed by atoms with Gasteiger partial charge in [-0.15, -0.1) is 10.2 Å². The molecule has 0 radical (unpaired) electrons. The van der Waals surface area contributed by atoms with Crippen LogP contribution in [0.15, 0.2) is 54.6 Å². The molecule has 0 saturated carbocycles. The molecule has 0 saturated heterocycles. The fourth-order valence-electron chi connectivity index (χ4n) is 3.91. The number of aromatic nitrogens is 3. The Labute approximate surface area is 200 Å². The number of nitrogens with one attached hydrogen (secondary N) is 1. The summed E-state index contributed by atoms with van der Waals surface area (Å²) >= 11 is 0. The van der Waals surface area contributed by atoms with Gasteiger partial charge in [0.25, 0.3) is 5.91 Å². The van der Waals surface area contributed by atoms with E-state index in [2.05, 4.69) is 46.4 Å². The number of anilines is 2. The molecular weight excluding hydrogens is 426 g/mol. The van der Waals surface area contributed by atoms with Crippen LogP contribution >= 0.6 is 0 Å². The van der Waals surface area contributed by atoms with E-state index >= 15 is 0 Å². The summed E-state index contributed by atoms with van der Waals surface area (Å²) in [5.41, 5.74) is 7.33. The lowest BCUT2D eigenvalue weighted by molar-refractivity contribution is -0.118. The maximum atomic E-state index is 12.6. The number of nitrogens with zero attached hydrogens (tertiary/aromatic N) is 4. The molecule has 7 heteroatoms. The molecule has 7 nitrogen and oxygen atoms in total. The van der Waals surface area contributed by atoms with Gasteiger partial charge in [-0.05, 0) is 93.8 Å². The molecule has 0 unspecified atom stereocenters. The molecule has 1 amide bonds. The van der Waals surface area contributed by atoms with Gasteiger partial charge in [-0.1, -0.05) is 12.1 Å². The van der Waals surface area contributed by atoms with Gasteiger partial charge < -0.3 is 15.0 Å². The summed E-state index contributed by atoms with van der Waals surface area (Å²) in [6.07, 6.45) is 0. The highest BCUT2D eigenvalue weighted by atomic mass is 16.5. The van der Waals surface area contributed by atoms with E-state index in [0.717, 1.165) is 46.7 Å². The van der Waals surface area contributed by atoms with Crippen LogP contribution in [-0.4, -0.2) is 40.6 Å². The van der Waals surface area contributed by atoms with Crippen molar-refractivity contribution in [1.29, 1.82) is 0 Å². The van der Waals surface area contributed by atoms with E-state index in [1.54, 1.807) is 4.80 Å². The van der Waals surface area contributed by atoms with Crippen LogP contribution < -0.4 is 15.0 Å². The molecule has 34 heavy (non-hydrogen) atoms. The smallest absolute Gasteiger partial charge is 0.262 e. The number of aryl methyl sites for hydroxylation is 2. The Morgan fingerprint density at radius 2 is 1.62 bits per heavy atom. The number of carbonyl (C=O) groups is 1. The number of rotatable bonds is 8. The van der Waals surface area contributed by atoms with Crippen molar-refractivity contribution in [2.24, 2.45) is 0 Å². The fraction of sp³-hybridized carbons (Fsp3) is 0.296. The van der Waals surface area contributed by atoms with Gasteiger partial charge in [-0.3, -0.25) is 4.79 Å². The van der Waals surface area contributed by atoms with Crippen LogP contribution in [0.4, 0.5) is 11.4 Å². The number of fused-ring (bicyclic) bond motifs is 1. The minimum atomic E-state index is -0.220. The van der Waals surface area contributed by atoms with Crippen LogP contribution in [0.25, 0.3) is 16.7 Å². The first-order valence-electron chi connectivity index (χ1n) is 11.6. The lowest BCUT2D eigenvalue weighted by Crippen LogP contribution is -2.21. The summed E-state index contributed by atoms with van der Waals surface area (Å²) in [5, 5.41) is 12.2. The lowest BCUT2D eigenvalue weighted by Gasteiger charge is -2.20. The average molecular weight is 458 g/mol. The average Bonchev–Trinajstić information content (AvgIpc) is 3.24. The van der Waals surface area contributed by atoms with Gasteiger partial charge in [0.2, 0.25) is 0 Å². The fourth-order valence-corrected chi connectivity index (χ4v) is 3.91. The van der Waals surface area contributed by atoms with Crippen molar-refractivity contribution < 1.29 is 9.53 Å². The molecule has 3 aromatic carbocycles. The van der Waals surface area contributed by atoms with Gasteiger partial charge in [0, 0.05) is 24.5 Å². The second kappa shape index (κ2) is 9.95. The van der Waals surface area contributed by atoms with Crippen molar-refractivity contribution in [2.45, 2.75) is 34.6 Å². The number of hydrogen-bond donors (Lipinski definition) is 1. The van der Waals surface area contributed by atoms with Crippen molar-refractivity contribution in [2.75, 3.05) is 29.9 Å². The SMILES string of the molecule is CCN(CC)c1ccc(-n2nc3cc(C)c(NC(=O)COc4cccc(C)c4C)cc3n2)cc1. The first kappa shape index (κ1) is 23.3. The van der Waals surface area contributed by atoms with Gasteiger partial charge in [0.15, 0.2) is 6.61 Å². The number of carbonyl (C=O) groups excluding carboxylic acids is 1. The molecule has 1 N–H and O–H groups in total. The van der Waals surface area contributed by atoms with Crippen LogP contribution in [0.3, 0.4) is 0 Å². The normalized spacial score (nSPS) is 11.0. The molecule has 0 aliphatic heterocycles. The second-order valence-corrected chi connectivity index (χ2v) is 8.37. The minimum absolute atomic E-state index is 0.0622. The molecule has 0 aliphatic carbocycles. The highest BCUT2D eigenvalue weighted by molar-refractivity contribution is 5.95. The Hall–Kier alpha value is -3.87. The summed E-state index contributed by atoms with van der Waals surface area (Å²) in [5.74, 6) is 0.500. The van der Waals surface area contributed by atoms with E-state index in [4.69, 9.17) is 4.74 Å². The topological polar surface area (TPSA) is 72.3 Å². The summed E-state index contributed by atoms with van der Waals surface area (Å²) in [6, 6.07) is 17.8. The molecule has 0 bridgehead atoms. The van der Waals surface area contributed by atoms with Crippen LogP contribution in [0.5, 0.6) is 5.75 Å². The summed E-state index contributed by atoms with van der Waals surface area (Å²) in [7, 11) is 0. The van der Waals surface area contributed by atoms with Crippen LogP contribution in [-0.2, 0) is 4.79 Å². The van der Waals surface area contributed by atoms with Crippen molar-refractivity contribution in [3.63, 3.8) is 0 Å². The van der Waals surface area contributed by atoms with Gasteiger partial charge >= 0.3 is 0 Å². The van der Waals surface area contributed by atoms with Gasteiger partial charge in [0.1, 0.15) is 16.8 Å². The Morgan fingerprint density at radius 1 is 0.941 bits per heavy atom. The van der Waals surface area contributed by atoms with Crippen LogP contribution in [0.1, 0.15) is 30.5 Å². The molecule has 0 fully saturated rings. The van der Waals surface area contributed by atoms with Gasteiger partial charge in [-0.2, -0.15) is 4.80 Å². The highest BCUT2D eigenvalue weighted by Gasteiger charge is 2.12. The number of benzene rings is 3. The molecule has 0 atom stereocenters. The molecule has 176 valence electrons. The molecule has 4 rings (SSSR count). The Bertz CT molecular complexity index is 1310. The van der Waals surface area contributed by atoms with Crippen molar-refractivity contribution in [3.8, 4) is 11.4 Å². The molecular formula is C27H31N5O2. The predicted molar refractivity (Wildman–Crippen MR) is 137 cm³/mol. The number of amides is 1. The predicted octanol–water partition coefficient (Wildman–Crippen LogP) is 5.21. The van der Waals surface area contributed by atoms with E-state index in [9.17, 15) is 4.79 Å². The number of hydrogen-bond acceptors (Lipinski definition) is 5. The van der Waals surface area contributed by atoms with Crippen LogP contribution in [0.2, 0.25) is 0 Å². The first-order valence-corrected chi connectivity index (χ1v) is 11.6. The van der Waals surface area contributed by atoms with Crippen molar-refractivity contribution in [1.82, 2.24) is 15.0 Å². The zero-order chi connectivity index (χ0) is 24.2. The largest absolute Gasteiger partial charge is 0.483 e. The quantitative estimate of drug-likeness (QED) is 0.393. The second-order valence-electron chi connectivity index (χ2n) is 8.37. The zero-order valence-corrected chi connectivity index (χ0v) is 20.4. The monoisotopic (exact) mass is 457 g/mol. The standard InChI is InChI=1S/C27H31N5O2/c1-6-31(7-2)21-11-13-22(14-12-21)32-29-24-15-19(4)23(16-25(24)30-32)28-27(33)17-34-26-10-8-9-18(3)20(26)5/h8-16H,6-7,17H2,1-5H3,(H,28,33). The maximum Gasteiger partial charge on any atom is 0.262 e. The molecule has 0 spiro atoms. The number of ether oxygens (including phenoxy) is 1. The molecule has 1 heterocycles. The minimum Gasteiger partial charge on any atom is -0.483 e. The Balaban J connectivity index is 1.49. The zero-order valence-electron chi connectivity index (χ0n) is 20.4. The third kappa shape index (κ3) is 4.88. The van der Waals surface area contributed by atoms with E-state index in [1.807, 2.05) is 63.2 Å². The van der Waals surface area contributed by atoms with E-state index in [0.29, 0.717) is 11.2 Å². The van der Waals surface area contributed by atoms with Crippen LogP contribution in [0, 0.1) is 20.8 Å². The van der Waals surface area contributed by atoms with Gasteiger partial charge in [0.05, 0.1) is 5.69 Å². The van der Waals surface area contributed by atoms with Crippen molar-refractivity contribution >= 4 is 28.3 Å². The highest BCUT2D eigenvalue weighted by Crippen LogP contribution is 2.24. The maximum absolute atomic E-state index is 12.6. The summed E-state index contributed by atoms with van der Waals surface area (Å²) < 4.78 is 5.74. The Kier molecular flexibility index (Phi) is 6.82.